The number of nitrogens with two attached hydrogens (primary N) is 1. The van der Waals surface area contributed by atoms with E-state index in [0.717, 1.165) is 0 Å². The predicted octanol–water partition coefficient (Wildman–Crippen LogP) is 4.76. The van der Waals surface area contributed by atoms with Gasteiger partial charge >= 0.3 is 23.9 Å². The number of carbonyl (C=O) groups is 4. The molecule has 1 atom stereocenters. The lowest BCUT2D eigenvalue weighted by molar-refractivity contribution is -0.151. The third kappa shape index (κ3) is 12.5. The number of methoxy groups -OCH3 is 1. The fraction of sp³-hybridized carbons (Fsp3) is 0.655. The van der Waals surface area contributed by atoms with Crippen LogP contribution in [0.2, 0.25) is 0 Å². The number of hydrogen-bond acceptors (Lipinski definition) is 9. The van der Waals surface area contributed by atoms with Crippen LogP contribution in [0.25, 0.3) is 0 Å². The molecule has 9 heteroatoms. The van der Waals surface area contributed by atoms with Crippen LogP contribution >= 0.6 is 0 Å². The van der Waals surface area contributed by atoms with E-state index in [4.69, 9.17) is 24.7 Å². The van der Waals surface area contributed by atoms with Crippen LogP contribution in [0, 0.1) is 16.7 Å². The molecule has 0 amide bonds. The van der Waals surface area contributed by atoms with Gasteiger partial charge in [-0.1, -0.05) is 61.5 Å². The van der Waals surface area contributed by atoms with Crippen LogP contribution in [-0.4, -0.2) is 43.1 Å². The summed E-state index contributed by atoms with van der Waals surface area (Å²) in [6.45, 7) is 15.2. The average Bonchev–Trinajstić information content (AvgIpc) is 2.71. The summed E-state index contributed by atoms with van der Waals surface area (Å²) < 4.78 is 21.3. The van der Waals surface area contributed by atoms with E-state index in [1.807, 2.05) is 55.4 Å². The molecule has 0 aliphatic heterocycles. The minimum atomic E-state index is -1.51. The molecule has 0 aliphatic carbocycles. The highest BCUT2D eigenvalue weighted by molar-refractivity contribution is 5.81. The summed E-state index contributed by atoms with van der Waals surface area (Å²) >= 11 is 0. The van der Waals surface area contributed by atoms with Gasteiger partial charge in [-0.2, -0.15) is 0 Å². The molecule has 0 aromatic heterocycles. The van der Waals surface area contributed by atoms with Gasteiger partial charge in [-0.15, -0.1) is 0 Å². The third-order valence-electron chi connectivity index (χ3n) is 5.30. The maximum atomic E-state index is 12.6. The van der Waals surface area contributed by atoms with Crippen LogP contribution in [-0.2, 0) is 35.1 Å². The first-order valence-corrected chi connectivity index (χ1v) is 12.9. The Morgan fingerprint density at radius 1 is 0.842 bits per heavy atom. The molecule has 1 rings (SSSR count). The zero-order valence-electron chi connectivity index (χ0n) is 24.4. The molecule has 1 aromatic carbocycles. The van der Waals surface area contributed by atoms with E-state index < -0.39 is 23.4 Å². The van der Waals surface area contributed by atoms with Crippen molar-refractivity contribution < 1.29 is 38.1 Å². The van der Waals surface area contributed by atoms with Gasteiger partial charge in [0.15, 0.2) is 11.5 Å². The Morgan fingerprint density at radius 2 is 1.37 bits per heavy atom. The number of carbonyl (C=O) groups excluding carboxylic acids is 4. The Balaban J connectivity index is 3.22. The lowest BCUT2D eigenvalue weighted by Crippen LogP contribution is -2.51. The minimum Gasteiger partial charge on any atom is -0.468 e. The van der Waals surface area contributed by atoms with Crippen molar-refractivity contribution in [2.24, 2.45) is 22.5 Å². The molecule has 2 N–H and O–H groups in total. The fourth-order valence-corrected chi connectivity index (χ4v) is 3.58. The number of hydrogen-bond donors (Lipinski definition) is 1. The van der Waals surface area contributed by atoms with E-state index in [2.05, 4.69) is 0 Å². The summed E-state index contributed by atoms with van der Waals surface area (Å²) in [5.41, 5.74) is 4.86. The Labute approximate surface area is 226 Å². The van der Waals surface area contributed by atoms with Crippen LogP contribution in [0.15, 0.2) is 18.2 Å². The van der Waals surface area contributed by atoms with Gasteiger partial charge in [0, 0.05) is 19.3 Å². The first-order chi connectivity index (χ1) is 17.3. The van der Waals surface area contributed by atoms with E-state index in [1.165, 1.54) is 19.2 Å². The second kappa shape index (κ2) is 13.7. The van der Waals surface area contributed by atoms with Gasteiger partial charge in [0.05, 0.1) is 26.6 Å². The fourth-order valence-electron chi connectivity index (χ4n) is 3.58. The molecule has 38 heavy (non-hydrogen) atoms. The number of esters is 4. The zero-order chi connectivity index (χ0) is 29.3. The highest BCUT2D eigenvalue weighted by Gasteiger charge is 2.36. The van der Waals surface area contributed by atoms with Crippen molar-refractivity contribution in [3.8, 4) is 11.5 Å². The highest BCUT2D eigenvalue weighted by atomic mass is 16.6. The summed E-state index contributed by atoms with van der Waals surface area (Å²) in [6.07, 6.45) is 0.576. The predicted molar refractivity (Wildman–Crippen MR) is 144 cm³/mol. The van der Waals surface area contributed by atoms with Gasteiger partial charge in [0.1, 0.15) is 5.54 Å². The molecule has 0 unspecified atom stereocenters. The first kappa shape index (κ1) is 33.1. The molecular formula is C29H45NO8. The quantitative estimate of drug-likeness (QED) is 0.297. The van der Waals surface area contributed by atoms with Crippen molar-refractivity contribution in [3.63, 3.8) is 0 Å². The molecular weight excluding hydrogens is 490 g/mol. The summed E-state index contributed by atoms with van der Waals surface area (Å²) in [4.78, 5) is 49.6. The normalized spacial score (nSPS) is 13.4. The van der Waals surface area contributed by atoms with Crippen molar-refractivity contribution in [2.45, 2.75) is 93.0 Å². The van der Waals surface area contributed by atoms with Crippen LogP contribution in [0.1, 0.15) is 86.6 Å². The summed E-state index contributed by atoms with van der Waals surface area (Å²) in [6, 6.07) is 4.67. The average molecular weight is 536 g/mol. The summed E-state index contributed by atoms with van der Waals surface area (Å²) in [5, 5.41) is 0. The van der Waals surface area contributed by atoms with Crippen LogP contribution in [0.3, 0.4) is 0 Å². The van der Waals surface area contributed by atoms with Gasteiger partial charge in [0.25, 0.3) is 0 Å². The van der Waals surface area contributed by atoms with Crippen LogP contribution in [0.4, 0.5) is 0 Å². The number of rotatable bonds is 12. The van der Waals surface area contributed by atoms with Crippen molar-refractivity contribution in [1.82, 2.24) is 0 Å². The van der Waals surface area contributed by atoms with Gasteiger partial charge < -0.3 is 24.7 Å². The molecule has 0 spiro atoms. The second-order valence-corrected chi connectivity index (χ2v) is 12.6. The standard InChI is InChI=1S/C29H45NO8/c1-19(2)14-23(31)36-13-12-29(30,26(34)35-9)16-20-10-11-21(37-24(32)17-27(3,4)5)22(15-20)38-25(33)18-28(6,7)8/h10-11,15,19H,12-14,16-18,30H2,1-9H3/t29-/m1/s1. The minimum absolute atomic E-state index is 0.00143. The Kier molecular flexibility index (Phi) is 12.0. The molecule has 1 aromatic rings. The Morgan fingerprint density at radius 3 is 1.84 bits per heavy atom. The molecule has 0 aliphatic rings. The molecule has 0 fully saturated rings. The Bertz CT molecular complexity index is 987. The number of benzene rings is 1. The highest BCUT2D eigenvalue weighted by Crippen LogP contribution is 2.33. The lowest BCUT2D eigenvalue weighted by atomic mass is 9.88. The van der Waals surface area contributed by atoms with Gasteiger partial charge in [-0.25, -0.2) is 0 Å². The SMILES string of the molecule is COC(=O)[C@@](N)(CCOC(=O)CC(C)C)Cc1ccc(OC(=O)CC(C)(C)C)c(OC(=O)CC(C)(C)C)c1. The topological polar surface area (TPSA) is 131 Å². The maximum Gasteiger partial charge on any atom is 0.326 e. The summed E-state index contributed by atoms with van der Waals surface area (Å²) in [7, 11) is 1.23. The van der Waals surface area contributed by atoms with Crippen molar-refractivity contribution in [3.05, 3.63) is 23.8 Å². The molecule has 214 valence electrons. The van der Waals surface area contributed by atoms with Crippen LogP contribution in [0.5, 0.6) is 11.5 Å². The van der Waals surface area contributed by atoms with Crippen molar-refractivity contribution in [1.29, 1.82) is 0 Å². The molecule has 0 saturated carbocycles. The lowest BCUT2D eigenvalue weighted by Gasteiger charge is -2.27. The largest absolute Gasteiger partial charge is 0.468 e. The third-order valence-corrected chi connectivity index (χ3v) is 5.30. The van der Waals surface area contributed by atoms with Crippen molar-refractivity contribution in [2.75, 3.05) is 13.7 Å². The molecule has 0 heterocycles. The van der Waals surface area contributed by atoms with E-state index in [0.29, 0.717) is 5.56 Å². The van der Waals surface area contributed by atoms with Gasteiger partial charge in [-0.3, -0.25) is 19.2 Å². The second-order valence-electron chi connectivity index (χ2n) is 12.6. The van der Waals surface area contributed by atoms with Gasteiger partial charge in [-0.05, 0) is 34.4 Å². The molecule has 0 radical (unpaired) electrons. The maximum absolute atomic E-state index is 12.6. The van der Waals surface area contributed by atoms with Gasteiger partial charge in [0.2, 0.25) is 0 Å². The molecule has 0 saturated heterocycles. The zero-order valence-corrected chi connectivity index (χ0v) is 24.4. The first-order valence-electron chi connectivity index (χ1n) is 12.9. The van der Waals surface area contributed by atoms with E-state index in [9.17, 15) is 19.2 Å². The smallest absolute Gasteiger partial charge is 0.326 e. The van der Waals surface area contributed by atoms with E-state index >= 15 is 0 Å². The van der Waals surface area contributed by atoms with Crippen molar-refractivity contribution >= 4 is 23.9 Å². The van der Waals surface area contributed by atoms with E-state index in [1.54, 1.807) is 6.07 Å². The summed E-state index contributed by atoms with van der Waals surface area (Å²) in [5.74, 6) is -1.73. The molecule has 0 bridgehead atoms. The monoisotopic (exact) mass is 535 g/mol. The van der Waals surface area contributed by atoms with E-state index in [-0.39, 0.29) is 72.9 Å². The number of ether oxygens (including phenoxy) is 4. The molecule has 9 nitrogen and oxygen atoms in total. The Hall–Kier alpha value is -2.94. The van der Waals surface area contributed by atoms with Crippen LogP contribution < -0.4 is 15.2 Å².